The molecule has 0 fully saturated rings. The number of nitrogens with zero attached hydrogens (tertiary/aromatic N) is 2. The molecule has 1 amide bonds. The van der Waals surface area contributed by atoms with Crippen molar-refractivity contribution in [2.75, 3.05) is 12.3 Å². The minimum atomic E-state index is -0.151. The Morgan fingerprint density at radius 1 is 1.44 bits per heavy atom. The number of imidazole rings is 1. The second-order valence-electron chi connectivity index (χ2n) is 4.05. The minimum Gasteiger partial charge on any atom is -0.398 e. The van der Waals surface area contributed by atoms with Crippen LogP contribution in [0, 0.1) is 0 Å². The van der Waals surface area contributed by atoms with Crippen LogP contribution in [0.2, 0.25) is 0 Å². The highest BCUT2D eigenvalue weighted by molar-refractivity contribution is 5.99. The van der Waals surface area contributed by atoms with Gasteiger partial charge in [-0.05, 0) is 12.1 Å². The first kappa shape index (κ1) is 12.2. The van der Waals surface area contributed by atoms with E-state index >= 15 is 0 Å². The number of benzene rings is 1. The molecule has 94 valence electrons. The van der Waals surface area contributed by atoms with E-state index in [0.29, 0.717) is 24.2 Å². The zero-order valence-corrected chi connectivity index (χ0v) is 10.3. The van der Waals surface area contributed by atoms with Crippen molar-refractivity contribution in [3.05, 3.63) is 48.0 Å². The number of nitrogens with two attached hydrogens (primary N) is 1. The minimum absolute atomic E-state index is 0.151. The van der Waals surface area contributed by atoms with Gasteiger partial charge in [0.1, 0.15) is 5.82 Å². The van der Waals surface area contributed by atoms with Crippen LogP contribution in [0.15, 0.2) is 36.7 Å². The van der Waals surface area contributed by atoms with Gasteiger partial charge in [-0.3, -0.25) is 4.79 Å². The molecule has 0 unspecified atom stereocenters. The highest BCUT2D eigenvalue weighted by Gasteiger charge is 2.08. The van der Waals surface area contributed by atoms with Crippen LogP contribution in [0.25, 0.3) is 0 Å². The number of anilines is 1. The number of rotatable bonds is 4. The number of carbonyl (C=O) groups excluding carboxylic acids is 1. The zero-order chi connectivity index (χ0) is 13.0. The smallest absolute Gasteiger partial charge is 0.253 e. The second-order valence-corrected chi connectivity index (χ2v) is 4.05. The molecule has 5 nitrogen and oxygen atoms in total. The fourth-order valence-corrected chi connectivity index (χ4v) is 1.72. The van der Waals surface area contributed by atoms with Crippen molar-refractivity contribution in [3.63, 3.8) is 0 Å². The van der Waals surface area contributed by atoms with Gasteiger partial charge in [0.05, 0.1) is 5.56 Å². The van der Waals surface area contributed by atoms with Crippen LogP contribution in [0.1, 0.15) is 16.2 Å². The molecule has 1 aromatic carbocycles. The predicted octanol–water partition coefficient (Wildman–Crippen LogP) is 0.975. The molecular weight excluding hydrogens is 228 g/mol. The summed E-state index contributed by atoms with van der Waals surface area (Å²) in [5, 5.41) is 2.83. The van der Waals surface area contributed by atoms with Crippen molar-refractivity contribution in [3.8, 4) is 0 Å². The Hall–Kier alpha value is -2.30. The van der Waals surface area contributed by atoms with Crippen molar-refractivity contribution in [2.45, 2.75) is 6.42 Å². The predicted molar refractivity (Wildman–Crippen MR) is 70.1 cm³/mol. The van der Waals surface area contributed by atoms with Gasteiger partial charge in [-0.2, -0.15) is 0 Å². The van der Waals surface area contributed by atoms with Crippen LogP contribution < -0.4 is 11.1 Å². The molecule has 0 spiro atoms. The molecule has 1 aromatic heterocycles. The summed E-state index contributed by atoms with van der Waals surface area (Å²) < 4.78 is 1.93. The van der Waals surface area contributed by atoms with Crippen LogP contribution in [-0.4, -0.2) is 22.0 Å². The maximum Gasteiger partial charge on any atom is 0.253 e. The van der Waals surface area contributed by atoms with Crippen molar-refractivity contribution < 1.29 is 4.79 Å². The lowest BCUT2D eigenvalue weighted by molar-refractivity contribution is 0.0955. The van der Waals surface area contributed by atoms with E-state index < -0.39 is 0 Å². The van der Waals surface area contributed by atoms with Gasteiger partial charge >= 0.3 is 0 Å². The summed E-state index contributed by atoms with van der Waals surface area (Å²) in [6.45, 7) is 0.540. The highest BCUT2D eigenvalue weighted by atomic mass is 16.1. The number of aromatic nitrogens is 2. The molecule has 5 heteroatoms. The number of amides is 1. The molecule has 2 rings (SSSR count). The summed E-state index contributed by atoms with van der Waals surface area (Å²) >= 11 is 0. The van der Waals surface area contributed by atoms with Crippen LogP contribution >= 0.6 is 0 Å². The first-order valence-corrected chi connectivity index (χ1v) is 5.77. The van der Waals surface area contributed by atoms with E-state index in [1.54, 1.807) is 30.5 Å². The summed E-state index contributed by atoms with van der Waals surface area (Å²) in [6.07, 6.45) is 4.32. The molecule has 0 aliphatic carbocycles. The highest BCUT2D eigenvalue weighted by Crippen LogP contribution is 2.09. The molecule has 0 aliphatic rings. The Kier molecular flexibility index (Phi) is 3.62. The molecule has 1 heterocycles. The van der Waals surface area contributed by atoms with Crippen molar-refractivity contribution in [1.82, 2.24) is 14.9 Å². The molecule has 0 bridgehead atoms. The molecule has 0 saturated heterocycles. The van der Waals surface area contributed by atoms with Crippen molar-refractivity contribution in [2.24, 2.45) is 7.05 Å². The third-order valence-electron chi connectivity index (χ3n) is 2.76. The fourth-order valence-electron chi connectivity index (χ4n) is 1.72. The third kappa shape index (κ3) is 2.68. The maximum atomic E-state index is 11.9. The molecule has 0 atom stereocenters. The molecule has 0 saturated carbocycles. The van der Waals surface area contributed by atoms with Gasteiger partial charge in [0.2, 0.25) is 0 Å². The van der Waals surface area contributed by atoms with Gasteiger partial charge in [-0.15, -0.1) is 0 Å². The third-order valence-corrected chi connectivity index (χ3v) is 2.76. The van der Waals surface area contributed by atoms with E-state index in [9.17, 15) is 4.79 Å². The van der Waals surface area contributed by atoms with Crippen LogP contribution in [0.4, 0.5) is 5.69 Å². The van der Waals surface area contributed by atoms with E-state index in [2.05, 4.69) is 10.3 Å². The van der Waals surface area contributed by atoms with Gasteiger partial charge in [0, 0.05) is 38.1 Å². The first-order chi connectivity index (χ1) is 8.68. The van der Waals surface area contributed by atoms with E-state index in [1.165, 1.54) is 0 Å². The summed E-state index contributed by atoms with van der Waals surface area (Å²) in [5.41, 5.74) is 6.74. The molecule has 18 heavy (non-hydrogen) atoms. The van der Waals surface area contributed by atoms with Gasteiger partial charge in [-0.25, -0.2) is 4.98 Å². The van der Waals surface area contributed by atoms with E-state index in [-0.39, 0.29) is 5.91 Å². The average Bonchev–Trinajstić information content (AvgIpc) is 2.75. The van der Waals surface area contributed by atoms with E-state index in [0.717, 1.165) is 5.82 Å². The standard InChI is InChI=1S/C13H16N4O/c1-17-9-8-15-12(17)6-7-16-13(18)10-4-2-3-5-11(10)14/h2-5,8-9H,6-7,14H2,1H3,(H,16,18). The number of nitrogens with one attached hydrogen (secondary N) is 1. The molecule has 2 aromatic rings. The summed E-state index contributed by atoms with van der Waals surface area (Å²) in [5.74, 6) is 0.790. The van der Waals surface area contributed by atoms with Gasteiger partial charge in [-0.1, -0.05) is 12.1 Å². The molecule has 3 N–H and O–H groups in total. The van der Waals surface area contributed by atoms with E-state index in [1.807, 2.05) is 17.8 Å². The molecular formula is C13H16N4O. The lowest BCUT2D eigenvalue weighted by atomic mass is 10.1. The monoisotopic (exact) mass is 244 g/mol. The lowest BCUT2D eigenvalue weighted by Crippen LogP contribution is -2.27. The lowest BCUT2D eigenvalue weighted by Gasteiger charge is -2.07. The number of nitrogen functional groups attached to an aromatic ring is 1. The normalized spacial score (nSPS) is 10.3. The summed E-state index contributed by atoms with van der Waals surface area (Å²) in [7, 11) is 1.93. The number of hydrogen-bond donors (Lipinski definition) is 2. The average molecular weight is 244 g/mol. The van der Waals surface area contributed by atoms with E-state index in [4.69, 9.17) is 5.73 Å². The Balaban J connectivity index is 1.90. The number of aryl methyl sites for hydroxylation is 1. The van der Waals surface area contributed by atoms with Gasteiger partial charge in [0.25, 0.3) is 5.91 Å². The second kappa shape index (κ2) is 5.35. The van der Waals surface area contributed by atoms with Crippen molar-refractivity contribution >= 4 is 11.6 Å². The number of carbonyl (C=O) groups is 1. The van der Waals surface area contributed by atoms with Gasteiger partial charge < -0.3 is 15.6 Å². The quantitative estimate of drug-likeness (QED) is 0.787. The Morgan fingerprint density at radius 2 is 2.22 bits per heavy atom. The molecule has 0 aliphatic heterocycles. The summed E-state index contributed by atoms with van der Waals surface area (Å²) in [4.78, 5) is 16.1. The molecule has 0 radical (unpaired) electrons. The fraction of sp³-hybridized carbons (Fsp3) is 0.231. The SMILES string of the molecule is Cn1ccnc1CCNC(=O)c1ccccc1N. The van der Waals surface area contributed by atoms with Crippen LogP contribution in [0.3, 0.4) is 0 Å². The Morgan fingerprint density at radius 3 is 2.89 bits per heavy atom. The number of para-hydroxylation sites is 1. The van der Waals surface area contributed by atoms with Gasteiger partial charge in [0.15, 0.2) is 0 Å². The Bertz CT molecular complexity index is 547. The Labute approximate surface area is 106 Å². The summed E-state index contributed by atoms with van der Waals surface area (Å²) in [6, 6.07) is 7.03. The zero-order valence-electron chi connectivity index (χ0n) is 10.3. The van der Waals surface area contributed by atoms with Crippen LogP contribution in [0.5, 0.6) is 0 Å². The first-order valence-electron chi connectivity index (χ1n) is 5.77. The number of hydrogen-bond acceptors (Lipinski definition) is 3. The van der Waals surface area contributed by atoms with Crippen LogP contribution in [-0.2, 0) is 13.5 Å². The van der Waals surface area contributed by atoms with Crippen molar-refractivity contribution in [1.29, 1.82) is 0 Å². The largest absolute Gasteiger partial charge is 0.398 e. The topological polar surface area (TPSA) is 72.9 Å². The maximum absolute atomic E-state index is 11.9.